The maximum absolute atomic E-state index is 2.43. The van der Waals surface area contributed by atoms with Gasteiger partial charge in [-0.05, 0) is 68.3 Å². The van der Waals surface area contributed by atoms with Gasteiger partial charge in [0.15, 0.2) is 0 Å². The van der Waals surface area contributed by atoms with E-state index in [0.717, 1.165) is 0 Å². The number of rotatable bonds is 5. The molecule has 2 heteroatoms. The molecular weight excluding hydrogens is 447 g/mol. The maximum Gasteiger partial charge on any atom is 0.119 e. The Bertz CT molecular complexity index is 979. The van der Waals surface area contributed by atoms with E-state index in [4.69, 9.17) is 0 Å². The minimum Gasteiger partial charge on any atom is -1.00 e. The maximum atomic E-state index is 2.43. The van der Waals surface area contributed by atoms with E-state index in [-0.39, 0.29) is 17.0 Å². The Balaban J connectivity index is 0.00000256. The predicted molar refractivity (Wildman–Crippen MR) is 129 cm³/mol. The monoisotopic (exact) mass is 474 g/mol. The largest absolute Gasteiger partial charge is 1.00 e. The summed E-state index contributed by atoms with van der Waals surface area (Å²) in [5.41, 5.74) is 4.52. The summed E-state index contributed by atoms with van der Waals surface area (Å²) in [7, 11) is -1.91. The lowest BCUT2D eigenvalue weighted by Crippen LogP contribution is -3.00. The van der Waals surface area contributed by atoms with E-state index < -0.39 is 7.26 Å². The third kappa shape index (κ3) is 4.02. The molecule has 152 valence electrons. The van der Waals surface area contributed by atoms with Crippen molar-refractivity contribution in [3.8, 4) is 0 Å². The van der Waals surface area contributed by atoms with E-state index >= 15 is 0 Å². The number of benzene rings is 4. The van der Waals surface area contributed by atoms with Crippen LogP contribution in [-0.2, 0) is 0 Å². The molecule has 0 N–H and O–H groups in total. The molecule has 0 bridgehead atoms. The number of hydrogen-bond donors (Lipinski definition) is 0. The van der Waals surface area contributed by atoms with Crippen LogP contribution in [0.1, 0.15) is 29.3 Å². The van der Waals surface area contributed by atoms with Crippen LogP contribution in [0.15, 0.2) is 109 Å². The van der Waals surface area contributed by atoms with E-state index in [1.807, 2.05) is 0 Å². The van der Waals surface area contributed by atoms with E-state index in [9.17, 15) is 0 Å². The SMILES string of the molecule is Cc1ccc(C(C)[P+](c2ccccc2)(c2ccccc2)c2ccccc2)c(C)c1.[Br-]. The Morgan fingerprint density at radius 3 is 1.33 bits per heavy atom. The Kier molecular flexibility index (Phi) is 7.29. The van der Waals surface area contributed by atoms with Gasteiger partial charge in [0.1, 0.15) is 28.8 Å². The lowest BCUT2D eigenvalue weighted by Gasteiger charge is -2.34. The minimum absolute atomic E-state index is 0. The van der Waals surface area contributed by atoms with Crippen LogP contribution in [0.4, 0.5) is 0 Å². The summed E-state index contributed by atoms with van der Waals surface area (Å²) < 4.78 is 0. The molecule has 0 fully saturated rings. The first-order valence-electron chi connectivity index (χ1n) is 10.3. The van der Waals surface area contributed by atoms with Gasteiger partial charge in [-0.1, -0.05) is 78.4 Å². The van der Waals surface area contributed by atoms with Gasteiger partial charge in [0.05, 0.1) is 0 Å². The average molecular weight is 475 g/mol. The van der Waals surface area contributed by atoms with Gasteiger partial charge in [-0.25, -0.2) is 0 Å². The first-order chi connectivity index (χ1) is 14.1. The zero-order chi connectivity index (χ0) is 20.3. The molecule has 0 aliphatic heterocycles. The van der Waals surface area contributed by atoms with Crippen LogP contribution in [0.5, 0.6) is 0 Å². The van der Waals surface area contributed by atoms with Crippen LogP contribution in [-0.4, -0.2) is 0 Å². The lowest BCUT2D eigenvalue weighted by molar-refractivity contribution is -0.00000581. The van der Waals surface area contributed by atoms with Crippen molar-refractivity contribution in [1.82, 2.24) is 0 Å². The van der Waals surface area contributed by atoms with E-state index in [1.165, 1.54) is 32.6 Å². The zero-order valence-electron chi connectivity index (χ0n) is 17.8. The third-order valence-electron chi connectivity index (χ3n) is 5.95. The van der Waals surface area contributed by atoms with E-state index in [1.54, 1.807) is 0 Å². The minimum atomic E-state index is -1.91. The second kappa shape index (κ2) is 9.73. The van der Waals surface area contributed by atoms with Gasteiger partial charge in [-0.15, -0.1) is 0 Å². The van der Waals surface area contributed by atoms with Crippen LogP contribution in [0.3, 0.4) is 0 Å². The molecule has 0 saturated carbocycles. The molecule has 0 nitrogen and oxygen atoms in total. The molecule has 0 aliphatic rings. The molecular formula is C28H28BrP. The smallest absolute Gasteiger partial charge is 0.119 e. The molecule has 1 unspecified atom stereocenters. The molecule has 4 aromatic rings. The third-order valence-corrected chi connectivity index (χ3v) is 10.7. The van der Waals surface area contributed by atoms with Crippen molar-refractivity contribution in [2.24, 2.45) is 0 Å². The van der Waals surface area contributed by atoms with Gasteiger partial charge in [-0.2, -0.15) is 0 Å². The van der Waals surface area contributed by atoms with Crippen molar-refractivity contribution < 1.29 is 17.0 Å². The fourth-order valence-corrected chi connectivity index (χ4v) is 9.48. The van der Waals surface area contributed by atoms with E-state index in [0.29, 0.717) is 5.66 Å². The van der Waals surface area contributed by atoms with Crippen molar-refractivity contribution in [2.75, 3.05) is 0 Å². The molecule has 0 aliphatic carbocycles. The summed E-state index contributed by atoms with van der Waals surface area (Å²) in [5, 5.41) is 4.31. The average Bonchev–Trinajstić information content (AvgIpc) is 2.76. The van der Waals surface area contributed by atoms with Crippen molar-refractivity contribution in [3.63, 3.8) is 0 Å². The summed E-state index contributed by atoms with van der Waals surface area (Å²) in [6.07, 6.45) is 0. The zero-order valence-corrected chi connectivity index (χ0v) is 20.3. The Labute approximate surface area is 192 Å². The summed E-state index contributed by atoms with van der Waals surface area (Å²) in [6, 6.07) is 40.4. The first kappa shape index (κ1) is 22.5. The first-order valence-corrected chi connectivity index (χ1v) is 12.1. The molecule has 4 rings (SSSR count). The van der Waals surface area contributed by atoms with Gasteiger partial charge in [0.2, 0.25) is 0 Å². The summed E-state index contributed by atoms with van der Waals surface area (Å²) in [6.45, 7) is 6.86. The van der Waals surface area contributed by atoms with Crippen LogP contribution in [0, 0.1) is 13.8 Å². The highest BCUT2D eigenvalue weighted by Gasteiger charge is 2.51. The summed E-state index contributed by atoms with van der Waals surface area (Å²) in [4.78, 5) is 0. The molecule has 1 atom stereocenters. The molecule has 30 heavy (non-hydrogen) atoms. The predicted octanol–water partition coefficient (Wildman–Crippen LogP) is 3.36. The quantitative estimate of drug-likeness (QED) is 0.389. The Morgan fingerprint density at radius 1 is 0.567 bits per heavy atom. The molecule has 0 aromatic heterocycles. The molecule has 4 aromatic carbocycles. The van der Waals surface area contributed by atoms with Gasteiger partial charge < -0.3 is 17.0 Å². The normalized spacial score (nSPS) is 12.1. The van der Waals surface area contributed by atoms with Crippen LogP contribution in [0.2, 0.25) is 0 Å². The van der Waals surface area contributed by atoms with Gasteiger partial charge in [0.25, 0.3) is 0 Å². The Hall–Kier alpha value is -2.21. The van der Waals surface area contributed by atoms with Crippen molar-refractivity contribution >= 4 is 23.2 Å². The molecule has 0 heterocycles. The number of aryl methyl sites for hydroxylation is 2. The van der Waals surface area contributed by atoms with Crippen LogP contribution in [0.25, 0.3) is 0 Å². The molecule has 0 amide bonds. The number of hydrogen-bond acceptors (Lipinski definition) is 0. The van der Waals surface area contributed by atoms with Crippen molar-refractivity contribution in [1.29, 1.82) is 0 Å². The highest BCUT2D eigenvalue weighted by molar-refractivity contribution is 7.95. The highest BCUT2D eigenvalue weighted by atomic mass is 79.9. The lowest BCUT2D eigenvalue weighted by atomic mass is 10.0. The second-order valence-corrected chi connectivity index (χ2v) is 11.5. The standard InChI is InChI=1S/C28H28P.BrH/c1-22-19-20-28(23(2)21-22)24(3)29(25-13-7-4-8-14-25,26-15-9-5-10-16-26)27-17-11-6-12-18-27;/h4-21,24H,1-3H3;1H/q+1;/p-1. The van der Waals surface area contributed by atoms with Crippen LogP contribution < -0.4 is 32.9 Å². The molecule has 0 spiro atoms. The fourth-order valence-electron chi connectivity index (χ4n) is 4.61. The van der Waals surface area contributed by atoms with Crippen LogP contribution >= 0.6 is 7.26 Å². The van der Waals surface area contributed by atoms with Crippen molar-refractivity contribution in [3.05, 3.63) is 126 Å². The van der Waals surface area contributed by atoms with Crippen molar-refractivity contribution in [2.45, 2.75) is 26.4 Å². The highest BCUT2D eigenvalue weighted by Crippen LogP contribution is 2.66. The van der Waals surface area contributed by atoms with Gasteiger partial charge in [0, 0.05) is 0 Å². The second-order valence-electron chi connectivity index (χ2n) is 7.77. The van der Waals surface area contributed by atoms with E-state index in [2.05, 4.69) is 130 Å². The number of halogens is 1. The summed E-state index contributed by atoms with van der Waals surface area (Å²) in [5.74, 6) is 0. The fraction of sp³-hybridized carbons (Fsp3) is 0.143. The van der Waals surface area contributed by atoms with Gasteiger partial charge >= 0.3 is 0 Å². The molecule has 0 saturated heterocycles. The molecule has 0 radical (unpaired) electrons. The topological polar surface area (TPSA) is 0 Å². The Morgan fingerprint density at radius 2 is 0.967 bits per heavy atom. The van der Waals surface area contributed by atoms with Gasteiger partial charge in [-0.3, -0.25) is 0 Å². The summed E-state index contributed by atoms with van der Waals surface area (Å²) >= 11 is 0.